The van der Waals surface area contributed by atoms with Crippen LogP contribution in [0.2, 0.25) is 0 Å². The van der Waals surface area contributed by atoms with Gasteiger partial charge in [0.2, 0.25) is 0 Å². The van der Waals surface area contributed by atoms with Crippen molar-refractivity contribution in [1.29, 1.82) is 0 Å². The maximum Gasteiger partial charge on any atom is 0.416 e. The zero-order valence-electron chi connectivity index (χ0n) is 16.7. The van der Waals surface area contributed by atoms with Crippen molar-refractivity contribution in [3.05, 3.63) is 74.3 Å². The first-order valence-corrected chi connectivity index (χ1v) is 10.6. The number of aromatic amines is 1. The van der Waals surface area contributed by atoms with Gasteiger partial charge in [-0.25, -0.2) is 4.98 Å². The number of hydrogen-bond donors (Lipinski definition) is 1. The molecule has 0 fully saturated rings. The number of aromatic nitrogens is 2. The van der Waals surface area contributed by atoms with Crippen molar-refractivity contribution in [2.75, 3.05) is 6.54 Å². The second kappa shape index (κ2) is 8.00. The Morgan fingerprint density at radius 3 is 2.77 bits per heavy atom. The van der Waals surface area contributed by atoms with Crippen molar-refractivity contribution in [3.8, 4) is 10.4 Å². The maximum atomic E-state index is 13.0. The van der Waals surface area contributed by atoms with Crippen LogP contribution in [0.25, 0.3) is 10.4 Å². The van der Waals surface area contributed by atoms with Crippen molar-refractivity contribution >= 4 is 11.3 Å². The van der Waals surface area contributed by atoms with Crippen LogP contribution in [-0.4, -0.2) is 21.4 Å². The minimum absolute atomic E-state index is 0.0794. The van der Waals surface area contributed by atoms with Gasteiger partial charge in [0, 0.05) is 41.7 Å². The van der Waals surface area contributed by atoms with Crippen LogP contribution in [0.5, 0.6) is 0 Å². The fourth-order valence-electron chi connectivity index (χ4n) is 3.60. The van der Waals surface area contributed by atoms with Gasteiger partial charge < -0.3 is 4.98 Å². The molecular weight excluding hydrogens is 411 g/mol. The SMILES string of the molecule is CC(C)c1nc2c(c(=O)[nH]1)CN(Cc1ccc(-c3cccc(C(F)(F)F)c3)s1)CC2. The molecule has 4 nitrogen and oxygen atoms in total. The number of nitrogens with one attached hydrogen (secondary N) is 1. The topological polar surface area (TPSA) is 49.0 Å². The largest absolute Gasteiger partial charge is 0.416 e. The molecule has 2 aromatic heterocycles. The van der Waals surface area contributed by atoms with Crippen molar-refractivity contribution in [1.82, 2.24) is 14.9 Å². The van der Waals surface area contributed by atoms with Crippen molar-refractivity contribution in [3.63, 3.8) is 0 Å². The highest BCUT2D eigenvalue weighted by Crippen LogP contribution is 2.35. The van der Waals surface area contributed by atoms with E-state index in [4.69, 9.17) is 0 Å². The Kier molecular flexibility index (Phi) is 5.55. The van der Waals surface area contributed by atoms with Crippen LogP contribution in [-0.2, 0) is 25.7 Å². The van der Waals surface area contributed by atoms with E-state index in [1.54, 1.807) is 6.07 Å². The Balaban J connectivity index is 1.50. The van der Waals surface area contributed by atoms with Crippen molar-refractivity contribution in [2.45, 2.75) is 45.5 Å². The summed E-state index contributed by atoms with van der Waals surface area (Å²) in [5.41, 5.74) is 1.42. The van der Waals surface area contributed by atoms with E-state index in [-0.39, 0.29) is 11.5 Å². The average molecular weight is 433 g/mol. The lowest BCUT2D eigenvalue weighted by Gasteiger charge is -2.27. The fourth-order valence-corrected chi connectivity index (χ4v) is 4.64. The molecule has 4 rings (SSSR count). The summed E-state index contributed by atoms with van der Waals surface area (Å²) >= 11 is 1.48. The van der Waals surface area contributed by atoms with Gasteiger partial charge in [0.25, 0.3) is 5.56 Å². The first kappa shape index (κ1) is 20.8. The van der Waals surface area contributed by atoms with Crippen LogP contribution >= 0.6 is 11.3 Å². The van der Waals surface area contributed by atoms with Gasteiger partial charge in [-0.05, 0) is 29.8 Å². The number of alkyl halides is 3. The molecule has 0 unspecified atom stereocenters. The number of fused-ring (bicyclic) bond motifs is 1. The van der Waals surface area contributed by atoms with Gasteiger partial charge in [-0.15, -0.1) is 11.3 Å². The van der Waals surface area contributed by atoms with Crippen molar-refractivity contribution in [2.24, 2.45) is 0 Å². The van der Waals surface area contributed by atoms with Gasteiger partial charge in [-0.1, -0.05) is 26.0 Å². The monoisotopic (exact) mass is 433 g/mol. The summed E-state index contributed by atoms with van der Waals surface area (Å²) in [7, 11) is 0. The van der Waals surface area contributed by atoms with E-state index in [2.05, 4.69) is 14.9 Å². The Hall–Kier alpha value is -2.45. The number of hydrogen-bond acceptors (Lipinski definition) is 4. The van der Waals surface area contributed by atoms with Gasteiger partial charge in [0.05, 0.1) is 16.8 Å². The number of thiophene rings is 1. The van der Waals surface area contributed by atoms with Crippen LogP contribution in [0.3, 0.4) is 0 Å². The highest BCUT2D eigenvalue weighted by Gasteiger charge is 2.30. The van der Waals surface area contributed by atoms with E-state index in [1.165, 1.54) is 23.5 Å². The standard InChI is InChI=1S/C22H22F3N3OS/c1-13(2)20-26-18-8-9-28(12-17(18)21(29)27-20)11-16-6-7-19(30-16)14-4-3-5-15(10-14)22(23,24)25/h3-7,10,13H,8-9,11-12H2,1-2H3,(H,26,27,29). The molecule has 3 heterocycles. The quantitative estimate of drug-likeness (QED) is 0.615. The summed E-state index contributed by atoms with van der Waals surface area (Å²) in [5.74, 6) is 0.887. The summed E-state index contributed by atoms with van der Waals surface area (Å²) in [5, 5.41) is 0. The molecule has 30 heavy (non-hydrogen) atoms. The highest BCUT2D eigenvalue weighted by molar-refractivity contribution is 7.15. The smallest absolute Gasteiger partial charge is 0.310 e. The Morgan fingerprint density at radius 2 is 2.03 bits per heavy atom. The van der Waals surface area contributed by atoms with Crippen LogP contribution in [0.15, 0.2) is 41.2 Å². The Bertz CT molecular complexity index is 1120. The summed E-state index contributed by atoms with van der Waals surface area (Å²) in [6.07, 6.45) is -3.64. The van der Waals surface area contributed by atoms with Crippen LogP contribution in [0.1, 0.15) is 47.3 Å². The molecule has 0 amide bonds. The van der Waals surface area contributed by atoms with Gasteiger partial charge in [-0.2, -0.15) is 13.2 Å². The third-order valence-corrected chi connectivity index (χ3v) is 6.35. The summed E-state index contributed by atoms with van der Waals surface area (Å²) in [6, 6.07) is 9.20. The third-order valence-electron chi connectivity index (χ3n) is 5.23. The van der Waals surface area contributed by atoms with Crippen LogP contribution < -0.4 is 5.56 Å². The first-order valence-electron chi connectivity index (χ1n) is 9.81. The highest BCUT2D eigenvalue weighted by atomic mass is 32.1. The lowest BCUT2D eigenvalue weighted by Crippen LogP contribution is -2.35. The predicted octanol–water partition coefficient (Wildman–Crippen LogP) is 5.20. The molecule has 1 aromatic carbocycles. The van der Waals surface area contributed by atoms with Gasteiger partial charge in [-0.3, -0.25) is 9.69 Å². The molecule has 0 saturated heterocycles. The molecule has 8 heteroatoms. The zero-order valence-corrected chi connectivity index (χ0v) is 17.5. The number of H-pyrrole nitrogens is 1. The summed E-state index contributed by atoms with van der Waals surface area (Å²) < 4.78 is 39.0. The number of benzene rings is 1. The molecule has 0 atom stereocenters. The Morgan fingerprint density at radius 1 is 1.23 bits per heavy atom. The molecule has 3 aromatic rings. The van der Waals surface area contributed by atoms with E-state index in [9.17, 15) is 18.0 Å². The minimum atomic E-state index is -4.35. The fraction of sp³-hybridized carbons (Fsp3) is 0.364. The van der Waals surface area contributed by atoms with E-state index < -0.39 is 11.7 Å². The second-order valence-corrected chi connectivity index (χ2v) is 9.00. The molecule has 0 aliphatic carbocycles. The molecule has 0 saturated carbocycles. The number of rotatable bonds is 4. The molecule has 1 aliphatic heterocycles. The summed E-state index contributed by atoms with van der Waals surface area (Å²) in [6.45, 7) is 5.95. The molecule has 1 aliphatic rings. The van der Waals surface area contributed by atoms with Crippen LogP contribution in [0, 0.1) is 0 Å². The van der Waals surface area contributed by atoms with E-state index in [0.717, 1.165) is 33.9 Å². The zero-order chi connectivity index (χ0) is 21.5. The predicted molar refractivity (Wildman–Crippen MR) is 112 cm³/mol. The first-order chi connectivity index (χ1) is 14.2. The molecule has 1 N–H and O–H groups in total. The maximum absolute atomic E-state index is 13.0. The van der Waals surface area contributed by atoms with E-state index >= 15 is 0 Å². The van der Waals surface area contributed by atoms with E-state index in [0.29, 0.717) is 30.6 Å². The average Bonchev–Trinajstić information content (AvgIpc) is 3.16. The molecule has 158 valence electrons. The van der Waals surface area contributed by atoms with Gasteiger partial charge in [0.15, 0.2) is 0 Å². The second-order valence-electron chi connectivity index (χ2n) is 7.84. The molecular formula is C22H22F3N3OS. The molecule has 0 spiro atoms. The molecule has 0 bridgehead atoms. The van der Waals surface area contributed by atoms with Gasteiger partial charge >= 0.3 is 6.18 Å². The lowest BCUT2D eigenvalue weighted by atomic mass is 10.1. The lowest BCUT2D eigenvalue weighted by molar-refractivity contribution is -0.137. The number of halogens is 3. The number of nitrogens with zero attached hydrogens (tertiary/aromatic N) is 2. The van der Waals surface area contributed by atoms with Crippen LogP contribution in [0.4, 0.5) is 13.2 Å². The minimum Gasteiger partial charge on any atom is -0.310 e. The third kappa shape index (κ3) is 4.34. The molecule has 0 radical (unpaired) electrons. The van der Waals surface area contributed by atoms with Gasteiger partial charge in [0.1, 0.15) is 5.82 Å². The van der Waals surface area contributed by atoms with E-state index in [1.807, 2.05) is 26.0 Å². The van der Waals surface area contributed by atoms with Crippen molar-refractivity contribution < 1.29 is 13.2 Å². The Labute approximate surface area is 176 Å². The normalized spacial score (nSPS) is 14.9. The summed E-state index contributed by atoms with van der Waals surface area (Å²) in [4.78, 5) is 24.0.